The van der Waals surface area contributed by atoms with E-state index in [1.54, 1.807) is 24.3 Å². The maximum Gasteiger partial charge on any atom is 0.350 e. The van der Waals surface area contributed by atoms with Gasteiger partial charge in [0.05, 0.1) is 25.9 Å². The van der Waals surface area contributed by atoms with Gasteiger partial charge in [-0.05, 0) is 42.0 Å². The lowest BCUT2D eigenvalue weighted by Gasteiger charge is -2.21. The van der Waals surface area contributed by atoms with Crippen LogP contribution in [0.5, 0.6) is 17.2 Å². The van der Waals surface area contributed by atoms with Gasteiger partial charge in [0.15, 0.2) is 17.3 Å². The van der Waals surface area contributed by atoms with Gasteiger partial charge in [-0.1, -0.05) is 0 Å². The van der Waals surface area contributed by atoms with Crippen molar-refractivity contribution >= 4 is 11.5 Å². The van der Waals surface area contributed by atoms with E-state index in [9.17, 15) is 9.18 Å². The van der Waals surface area contributed by atoms with Gasteiger partial charge in [0.1, 0.15) is 17.7 Å². The summed E-state index contributed by atoms with van der Waals surface area (Å²) in [6, 6.07) is 8.47. The largest absolute Gasteiger partial charge is 0.493 e. The molecule has 0 spiro atoms. The fraction of sp³-hybridized carbons (Fsp3) is 0.208. The lowest BCUT2D eigenvalue weighted by Crippen LogP contribution is -2.18. The molecule has 2 aromatic heterocycles. The van der Waals surface area contributed by atoms with Crippen LogP contribution in [0.4, 0.5) is 10.1 Å². The molecular formula is C24H23FN8O4. The number of anilines is 1. The quantitative estimate of drug-likeness (QED) is 0.217. The van der Waals surface area contributed by atoms with Gasteiger partial charge in [-0.25, -0.2) is 19.2 Å². The molecule has 0 radical (unpaired) electrons. The third-order valence-corrected chi connectivity index (χ3v) is 5.61. The highest BCUT2D eigenvalue weighted by Gasteiger charge is 2.26. The Hall–Kier alpha value is -4.94. The molecule has 4 aromatic rings. The molecule has 3 heterocycles. The van der Waals surface area contributed by atoms with Crippen LogP contribution in [0.3, 0.4) is 0 Å². The van der Waals surface area contributed by atoms with Crippen molar-refractivity contribution in [3.63, 3.8) is 0 Å². The molecule has 0 saturated heterocycles. The lowest BCUT2D eigenvalue weighted by molar-refractivity contribution is 0.289. The molecule has 37 heavy (non-hydrogen) atoms. The molecule has 0 bridgehead atoms. The maximum absolute atomic E-state index is 14.6. The zero-order valence-corrected chi connectivity index (χ0v) is 19.7. The lowest BCUT2D eigenvalue weighted by atomic mass is 10.0. The highest BCUT2D eigenvalue weighted by molar-refractivity contribution is 5.95. The van der Waals surface area contributed by atoms with Crippen LogP contribution in [0.1, 0.15) is 29.4 Å². The van der Waals surface area contributed by atoms with Gasteiger partial charge in [0.25, 0.3) is 5.95 Å². The first kappa shape index (κ1) is 23.8. The van der Waals surface area contributed by atoms with E-state index in [2.05, 4.69) is 25.4 Å². The predicted octanol–water partition coefficient (Wildman–Crippen LogP) is 2.15. The Morgan fingerprint density at radius 1 is 1.24 bits per heavy atom. The van der Waals surface area contributed by atoms with Crippen LogP contribution in [-0.2, 0) is 0 Å². The fourth-order valence-corrected chi connectivity index (χ4v) is 3.89. The number of nitrogens with one attached hydrogen (secondary N) is 3. The number of methoxy groups -OCH3 is 1. The van der Waals surface area contributed by atoms with Gasteiger partial charge < -0.3 is 25.3 Å². The van der Waals surface area contributed by atoms with Crippen molar-refractivity contribution in [2.24, 2.45) is 5.73 Å². The Kier molecular flexibility index (Phi) is 6.41. The van der Waals surface area contributed by atoms with E-state index in [0.717, 1.165) is 4.68 Å². The summed E-state index contributed by atoms with van der Waals surface area (Å²) in [6.07, 6.45) is 3.69. The Bertz CT molecular complexity index is 1500. The van der Waals surface area contributed by atoms with Crippen molar-refractivity contribution in [1.82, 2.24) is 24.7 Å². The Morgan fingerprint density at radius 2 is 2.03 bits per heavy atom. The third kappa shape index (κ3) is 4.78. The molecule has 12 nitrogen and oxygen atoms in total. The fourth-order valence-electron chi connectivity index (χ4n) is 3.89. The van der Waals surface area contributed by atoms with Crippen molar-refractivity contribution in [2.45, 2.75) is 12.5 Å². The van der Waals surface area contributed by atoms with Crippen molar-refractivity contribution in [1.29, 1.82) is 5.41 Å². The predicted molar refractivity (Wildman–Crippen MR) is 131 cm³/mol. The van der Waals surface area contributed by atoms with Crippen LogP contribution in [0.2, 0.25) is 0 Å². The number of hydrogen-bond acceptors (Lipinski definition) is 9. The number of ether oxygens (including phenoxy) is 3. The molecular weight excluding hydrogens is 483 g/mol. The van der Waals surface area contributed by atoms with E-state index < -0.39 is 17.5 Å². The zero-order chi connectivity index (χ0) is 25.9. The SMILES string of the molecule is COc1cc(C(Nc2ccc(C(=N)N)c(F)c2)c2nn(-c3ncccn3)c(=O)[nH]2)cc2c1OCCCO2. The highest BCUT2D eigenvalue weighted by atomic mass is 19.1. The number of hydrogen-bond donors (Lipinski definition) is 4. The highest BCUT2D eigenvalue weighted by Crippen LogP contribution is 2.42. The first-order chi connectivity index (χ1) is 17.9. The van der Waals surface area contributed by atoms with Crippen LogP contribution in [0.25, 0.3) is 5.95 Å². The van der Waals surface area contributed by atoms with E-state index in [4.69, 9.17) is 25.4 Å². The minimum Gasteiger partial charge on any atom is -0.493 e. The topological polar surface area (TPSA) is 166 Å². The van der Waals surface area contributed by atoms with Crippen molar-refractivity contribution in [3.8, 4) is 23.2 Å². The number of nitrogen functional groups attached to an aromatic ring is 1. The van der Waals surface area contributed by atoms with Gasteiger partial charge in [-0.2, -0.15) is 0 Å². The van der Waals surface area contributed by atoms with Crippen LogP contribution >= 0.6 is 0 Å². The number of nitrogens with zero attached hydrogens (tertiary/aromatic N) is 4. The third-order valence-electron chi connectivity index (χ3n) is 5.61. The normalized spacial score (nSPS) is 13.5. The van der Waals surface area contributed by atoms with Gasteiger partial charge >= 0.3 is 5.69 Å². The average Bonchev–Trinajstić information content (AvgIpc) is 3.12. The number of aromatic nitrogens is 5. The summed E-state index contributed by atoms with van der Waals surface area (Å²) in [4.78, 5) is 23.7. The van der Waals surface area contributed by atoms with Gasteiger partial charge in [-0.3, -0.25) is 10.4 Å². The molecule has 5 N–H and O–H groups in total. The molecule has 2 aromatic carbocycles. The van der Waals surface area contributed by atoms with Gasteiger partial charge in [-0.15, -0.1) is 9.78 Å². The van der Waals surface area contributed by atoms with Crippen LogP contribution in [0.15, 0.2) is 53.6 Å². The summed E-state index contributed by atoms with van der Waals surface area (Å²) >= 11 is 0. The summed E-state index contributed by atoms with van der Waals surface area (Å²) in [5.74, 6) is 0.573. The maximum atomic E-state index is 14.6. The number of halogens is 1. The molecule has 1 aliphatic rings. The molecule has 190 valence electrons. The second kappa shape index (κ2) is 9.97. The molecule has 0 aliphatic carbocycles. The van der Waals surface area contributed by atoms with E-state index in [1.807, 2.05) is 0 Å². The van der Waals surface area contributed by atoms with Gasteiger partial charge in [0.2, 0.25) is 5.75 Å². The minimum absolute atomic E-state index is 0.0294. The number of fused-ring (bicyclic) bond motifs is 1. The van der Waals surface area contributed by atoms with Crippen LogP contribution in [-0.4, -0.2) is 50.9 Å². The Balaban J connectivity index is 1.62. The number of H-pyrrole nitrogens is 1. The molecule has 5 rings (SSSR count). The number of amidine groups is 1. The van der Waals surface area contributed by atoms with Gasteiger partial charge in [0, 0.05) is 24.5 Å². The van der Waals surface area contributed by atoms with E-state index in [1.165, 1.54) is 31.6 Å². The van der Waals surface area contributed by atoms with Crippen molar-refractivity contribution < 1.29 is 18.6 Å². The number of nitrogens with two attached hydrogens (primary N) is 1. The van der Waals surface area contributed by atoms with E-state index >= 15 is 0 Å². The second-order valence-corrected chi connectivity index (χ2v) is 8.06. The molecule has 0 amide bonds. The zero-order valence-electron chi connectivity index (χ0n) is 19.7. The minimum atomic E-state index is -0.800. The molecule has 1 unspecified atom stereocenters. The van der Waals surface area contributed by atoms with E-state index in [0.29, 0.717) is 48.1 Å². The Morgan fingerprint density at radius 3 is 2.76 bits per heavy atom. The van der Waals surface area contributed by atoms with Crippen LogP contribution < -0.4 is 31.0 Å². The summed E-state index contributed by atoms with van der Waals surface area (Å²) in [7, 11) is 1.51. The standard InChI is InChI=1S/C24H23FN8O4/c1-35-17-10-13(11-18-20(17)37-9-3-8-36-18)19(30-14-4-5-15(21(26)27)16(25)12-14)22-31-24(34)33(32-22)23-28-6-2-7-29-23/h2,4-7,10-12,19,30H,3,8-9H2,1H3,(H3,26,27)(H,31,32,34). The molecule has 0 fully saturated rings. The first-order valence-electron chi connectivity index (χ1n) is 11.3. The summed E-state index contributed by atoms with van der Waals surface area (Å²) in [5, 5.41) is 15.1. The molecule has 1 atom stereocenters. The average molecular weight is 506 g/mol. The van der Waals surface area contributed by atoms with E-state index in [-0.39, 0.29) is 23.2 Å². The second-order valence-electron chi connectivity index (χ2n) is 8.06. The van der Waals surface area contributed by atoms with Crippen LogP contribution in [0, 0.1) is 11.2 Å². The number of aromatic amines is 1. The number of benzene rings is 2. The van der Waals surface area contributed by atoms with Crippen molar-refractivity contribution in [2.75, 3.05) is 25.6 Å². The number of rotatable bonds is 7. The molecule has 1 aliphatic heterocycles. The molecule has 13 heteroatoms. The summed E-state index contributed by atoms with van der Waals surface area (Å²) in [5.41, 5.74) is 5.80. The molecule has 0 saturated carbocycles. The monoisotopic (exact) mass is 506 g/mol. The first-order valence-corrected chi connectivity index (χ1v) is 11.3. The smallest absolute Gasteiger partial charge is 0.350 e. The summed E-state index contributed by atoms with van der Waals surface area (Å²) in [6.45, 7) is 0.924. The summed E-state index contributed by atoms with van der Waals surface area (Å²) < 4.78 is 32.9. The van der Waals surface area contributed by atoms with Crippen molar-refractivity contribution in [3.05, 3.63) is 82.0 Å². The Labute approximate surface area is 209 Å².